The minimum atomic E-state index is -0.754. The lowest BCUT2D eigenvalue weighted by Gasteiger charge is -2.25. The number of aromatic hydroxyl groups is 1. The van der Waals surface area contributed by atoms with E-state index in [9.17, 15) is 9.90 Å². The van der Waals surface area contributed by atoms with E-state index in [0.717, 1.165) is 0 Å². The number of amides is 1. The minimum Gasteiger partial charge on any atom is -0.504 e. The van der Waals surface area contributed by atoms with Gasteiger partial charge in [0.05, 0.1) is 25.7 Å². The van der Waals surface area contributed by atoms with Crippen molar-refractivity contribution in [3.05, 3.63) is 18.2 Å². The third-order valence-corrected chi connectivity index (χ3v) is 3.47. The highest BCUT2D eigenvalue weighted by atomic mass is 16.5. The van der Waals surface area contributed by atoms with Crippen LogP contribution in [0.5, 0.6) is 11.5 Å². The van der Waals surface area contributed by atoms with Crippen molar-refractivity contribution in [2.45, 2.75) is 13.0 Å². The van der Waals surface area contributed by atoms with Gasteiger partial charge in [0.15, 0.2) is 11.5 Å². The van der Waals surface area contributed by atoms with E-state index in [0.29, 0.717) is 24.7 Å². The first-order chi connectivity index (χ1) is 8.97. The Morgan fingerprint density at radius 2 is 2.37 bits per heavy atom. The van der Waals surface area contributed by atoms with E-state index in [4.69, 9.17) is 15.2 Å². The fraction of sp³-hybridized carbons (Fsp3) is 0.462. The van der Waals surface area contributed by atoms with Crippen LogP contribution >= 0.6 is 0 Å². The maximum Gasteiger partial charge on any atom is 0.234 e. The zero-order chi connectivity index (χ0) is 14.0. The second-order valence-electron chi connectivity index (χ2n) is 4.88. The van der Waals surface area contributed by atoms with Crippen LogP contribution in [0.25, 0.3) is 0 Å². The average molecular weight is 266 g/mol. The summed E-state index contributed by atoms with van der Waals surface area (Å²) >= 11 is 0. The molecular formula is C13H18N2O4. The van der Waals surface area contributed by atoms with Crippen molar-refractivity contribution < 1.29 is 19.4 Å². The lowest BCUT2D eigenvalue weighted by Crippen LogP contribution is -2.47. The van der Waals surface area contributed by atoms with Gasteiger partial charge in [-0.15, -0.1) is 0 Å². The third kappa shape index (κ3) is 2.50. The molecule has 0 saturated carbocycles. The summed E-state index contributed by atoms with van der Waals surface area (Å²) in [5.74, 6) is 0.101. The van der Waals surface area contributed by atoms with Gasteiger partial charge < -0.3 is 25.6 Å². The van der Waals surface area contributed by atoms with Crippen molar-refractivity contribution in [1.82, 2.24) is 0 Å². The highest BCUT2D eigenvalue weighted by Gasteiger charge is 2.44. The SMILES string of the molecule is COc1ccc(NC(=O)C2(C)COCC2N)cc1O. The number of ether oxygens (including phenoxy) is 2. The first kappa shape index (κ1) is 13.6. The Morgan fingerprint density at radius 3 is 2.89 bits per heavy atom. The smallest absolute Gasteiger partial charge is 0.234 e. The van der Waals surface area contributed by atoms with E-state index < -0.39 is 5.41 Å². The molecule has 0 bridgehead atoms. The number of nitrogens with two attached hydrogens (primary N) is 1. The number of methoxy groups -OCH3 is 1. The van der Waals surface area contributed by atoms with E-state index in [1.165, 1.54) is 13.2 Å². The summed E-state index contributed by atoms with van der Waals surface area (Å²) < 4.78 is 10.2. The summed E-state index contributed by atoms with van der Waals surface area (Å²) in [4.78, 5) is 12.2. The van der Waals surface area contributed by atoms with Gasteiger partial charge in [-0.2, -0.15) is 0 Å². The predicted octanol–water partition coefficient (Wildman–Crippen LogP) is 0.703. The number of benzene rings is 1. The third-order valence-electron chi connectivity index (χ3n) is 3.47. The number of phenols is 1. The van der Waals surface area contributed by atoms with E-state index >= 15 is 0 Å². The van der Waals surface area contributed by atoms with Crippen LogP contribution in [0, 0.1) is 5.41 Å². The maximum absolute atomic E-state index is 12.2. The molecule has 2 unspecified atom stereocenters. The Balaban J connectivity index is 2.13. The number of rotatable bonds is 3. The molecule has 104 valence electrons. The lowest BCUT2D eigenvalue weighted by atomic mass is 9.85. The zero-order valence-electron chi connectivity index (χ0n) is 11.0. The summed E-state index contributed by atoms with van der Waals surface area (Å²) in [6.07, 6.45) is 0. The predicted molar refractivity (Wildman–Crippen MR) is 70.2 cm³/mol. The number of nitrogens with one attached hydrogen (secondary N) is 1. The highest BCUT2D eigenvalue weighted by molar-refractivity contribution is 5.96. The number of hydrogen-bond acceptors (Lipinski definition) is 5. The first-order valence-corrected chi connectivity index (χ1v) is 5.99. The van der Waals surface area contributed by atoms with Crippen LogP contribution in [-0.2, 0) is 9.53 Å². The molecule has 0 aromatic heterocycles. The molecule has 0 radical (unpaired) electrons. The Hall–Kier alpha value is -1.79. The maximum atomic E-state index is 12.2. The molecule has 1 aliphatic rings. The molecule has 1 amide bonds. The summed E-state index contributed by atoms with van der Waals surface area (Å²) in [5, 5.41) is 12.4. The normalized spacial score (nSPS) is 26.2. The molecule has 4 N–H and O–H groups in total. The Morgan fingerprint density at radius 1 is 1.63 bits per heavy atom. The number of carbonyl (C=O) groups excluding carboxylic acids is 1. The van der Waals surface area contributed by atoms with Gasteiger partial charge in [-0.1, -0.05) is 0 Å². The molecule has 1 saturated heterocycles. The van der Waals surface area contributed by atoms with E-state index in [1.54, 1.807) is 19.1 Å². The molecule has 1 aliphatic heterocycles. The van der Waals surface area contributed by atoms with Crippen LogP contribution in [0.4, 0.5) is 5.69 Å². The van der Waals surface area contributed by atoms with Crippen molar-refractivity contribution in [1.29, 1.82) is 0 Å². The van der Waals surface area contributed by atoms with Crippen molar-refractivity contribution in [3.8, 4) is 11.5 Å². The molecule has 1 aromatic rings. The lowest BCUT2D eigenvalue weighted by molar-refractivity contribution is -0.125. The van der Waals surface area contributed by atoms with Crippen LogP contribution in [0.15, 0.2) is 18.2 Å². The number of phenolic OH excluding ortho intramolecular Hbond substituents is 1. The molecule has 19 heavy (non-hydrogen) atoms. The number of anilines is 1. The number of hydrogen-bond donors (Lipinski definition) is 3. The van der Waals surface area contributed by atoms with E-state index in [2.05, 4.69) is 5.32 Å². The molecule has 6 heteroatoms. The van der Waals surface area contributed by atoms with Gasteiger partial charge >= 0.3 is 0 Å². The topological polar surface area (TPSA) is 93.8 Å². The van der Waals surface area contributed by atoms with Crippen molar-refractivity contribution in [2.75, 3.05) is 25.6 Å². The van der Waals surface area contributed by atoms with Crippen molar-refractivity contribution in [3.63, 3.8) is 0 Å². The second-order valence-corrected chi connectivity index (χ2v) is 4.88. The largest absolute Gasteiger partial charge is 0.504 e. The summed E-state index contributed by atoms with van der Waals surface area (Å²) in [5.41, 5.74) is 5.62. The molecule has 6 nitrogen and oxygen atoms in total. The molecule has 0 aliphatic carbocycles. The monoisotopic (exact) mass is 266 g/mol. The van der Waals surface area contributed by atoms with Gasteiger partial charge in [0.25, 0.3) is 0 Å². The second kappa shape index (κ2) is 5.07. The van der Waals surface area contributed by atoms with Gasteiger partial charge in [0.1, 0.15) is 0 Å². The summed E-state index contributed by atoms with van der Waals surface area (Å²) in [6, 6.07) is 4.33. The van der Waals surface area contributed by atoms with Gasteiger partial charge in [-0.25, -0.2) is 0 Å². The van der Waals surface area contributed by atoms with Crippen LogP contribution in [-0.4, -0.2) is 37.4 Å². The highest BCUT2D eigenvalue weighted by Crippen LogP contribution is 2.31. The molecule has 0 spiro atoms. The van der Waals surface area contributed by atoms with Crippen LogP contribution in [0.1, 0.15) is 6.92 Å². The molecular weight excluding hydrogens is 248 g/mol. The zero-order valence-corrected chi connectivity index (χ0v) is 11.0. The van der Waals surface area contributed by atoms with Gasteiger partial charge in [0.2, 0.25) is 5.91 Å². The molecule has 1 heterocycles. The van der Waals surface area contributed by atoms with Gasteiger partial charge in [-0.3, -0.25) is 4.79 Å². The Kier molecular flexibility index (Phi) is 3.64. The molecule has 2 rings (SSSR count). The first-order valence-electron chi connectivity index (χ1n) is 5.99. The average Bonchev–Trinajstić information content (AvgIpc) is 2.71. The van der Waals surface area contributed by atoms with Gasteiger partial charge in [0, 0.05) is 17.8 Å². The van der Waals surface area contributed by atoms with Crippen LogP contribution < -0.4 is 15.8 Å². The molecule has 1 aromatic carbocycles. The van der Waals surface area contributed by atoms with Crippen LogP contribution in [0.3, 0.4) is 0 Å². The summed E-state index contributed by atoms with van der Waals surface area (Å²) in [7, 11) is 1.46. The van der Waals surface area contributed by atoms with E-state index in [-0.39, 0.29) is 17.7 Å². The minimum absolute atomic E-state index is 0.0302. The Labute approximate surface area is 111 Å². The van der Waals surface area contributed by atoms with Gasteiger partial charge in [-0.05, 0) is 19.1 Å². The van der Waals surface area contributed by atoms with Crippen LogP contribution in [0.2, 0.25) is 0 Å². The number of carbonyl (C=O) groups is 1. The van der Waals surface area contributed by atoms with E-state index in [1.807, 2.05) is 0 Å². The van der Waals surface area contributed by atoms with Crippen molar-refractivity contribution in [2.24, 2.45) is 11.1 Å². The molecule has 1 fully saturated rings. The summed E-state index contributed by atoms with van der Waals surface area (Å²) in [6.45, 7) is 2.43. The quantitative estimate of drug-likeness (QED) is 0.749. The standard InChI is InChI=1S/C13H18N2O4/c1-13(7-19-6-11(13)14)12(17)15-8-3-4-10(18-2)9(16)5-8/h3-5,11,16H,6-7,14H2,1-2H3,(H,15,17). The molecule has 2 atom stereocenters. The Bertz CT molecular complexity index is 492. The fourth-order valence-electron chi connectivity index (χ4n) is 1.96. The fourth-order valence-corrected chi connectivity index (χ4v) is 1.96. The van der Waals surface area contributed by atoms with Crippen molar-refractivity contribution >= 4 is 11.6 Å².